The largest absolute Gasteiger partial charge is 0.433 e. The van der Waals surface area contributed by atoms with Crippen molar-refractivity contribution in [3.8, 4) is 0 Å². The van der Waals surface area contributed by atoms with Crippen molar-refractivity contribution < 1.29 is 27.6 Å². The Morgan fingerprint density at radius 1 is 1.00 bits per heavy atom. The van der Waals surface area contributed by atoms with E-state index < -0.39 is 23.8 Å². The smallest absolute Gasteiger partial charge is 0.368 e. The number of alkyl halides is 3. The van der Waals surface area contributed by atoms with E-state index in [1.165, 1.54) is 6.07 Å². The summed E-state index contributed by atoms with van der Waals surface area (Å²) in [6.45, 7) is 3.15. The van der Waals surface area contributed by atoms with Gasteiger partial charge in [-0.25, -0.2) is 19.7 Å². The quantitative estimate of drug-likeness (QED) is 0.210. The lowest BCUT2D eigenvalue weighted by molar-refractivity contribution is -0.141. The number of urea groups is 1. The van der Waals surface area contributed by atoms with Gasteiger partial charge in [0, 0.05) is 56.4 Å². The number of hydrogen-bond donors (Lipinski definition) is 2. The zero-order valence-corrected chi connectivity index (χ0v) is 29.7. The van der Waals surface area contributed by atoms with Gasteiger partial charge in [-0.15, -0.1) is 0 Å². The Morgan fingerprint density at radius 2 is 1.80 bits per heavy atom. The topological polar surface area (TPSA) is 146 Å². The maximum absolute atomic E-state index is 13.1. The summed E-state index contributed by atoms with van der Waals surface area (Å²) < 4.78 is 43.1. The molecular formula is C37H40F3N11O3. The van der Waals surface area contributed by atoms with E-state index in [1.807, 2.05) is 27.5 Å². The van der Waals surface area contributed by atoms with Crippen LogP contribution in [0.25, 0.3) is 16.6 Å². The highest BCUT2D eigenvalue weighted by Crippen LogP contribution is 2.35. The molecule has 2 N–H and O–H groups in total. The Bertz CT molecular complexity index is 2200. The molecule has 282 valence electrons. The van der Waals surface area contributed by atoms with E-state index in [2.05, 4.69) is 48.5 Å². The van der Waals surface area contributed by atoms with E-state index in [9.17, 15) is 27.6 Å². The Hall–Kier alpha value is -5.58. The average Bonchev–Trinajstić information content (AvgIpc) is 3.79. The lowest BCUT2D eigenvalue weighted by Gasteiger charge is -2.40. The van der Waals surface area contributed by atoms with Crippen LogP contribution in [0.5, 0.6) is 0 Å². The molecule has 2 saturated heterocycles. The van der Waals surface area contributed by atoms with Gasteiger partial charge in [0.2, 0.25) is 5.91 Å². The minimum atomic E-state index is -4.65. The number of pyridine rings is 3. The molecule has 0 spiro atoms. The number of anilines is 3. The molecule has 3 fully saturated rings. The molecule has 5 aromatic heterocycles. The van der Waals surface area contributed by atoms with Crippen molar-refractivity contribution >= 4 is 51.7 Å². The number of amides is 4. The summed E-state index contributed by atoms with van der Waals surface area (Å²) in [6, 6.07) is 9.21. The van der Waals surface area contributed by atoms with E-state index in [0.29, 0.717) is 29.8 Å². The predicted octanol–water partition coefficient (Wildman–Crippen LogP) is 5.52. The summed E-state index contributed by atoms with van der Waals surface area (Å²) in [7, 11) is 2.23. The number of hydrogen-bond acceptors (Lipinski definition) is 9. The number of imide groups is 1. The molecular weight excluding hydrogens is 703 g/mol. The van der Waals surface area contributed by atoms with Crippen molar-refractivity contribution in [3.05, 3.63) is 72.6 Å². The predicted molar refractivity (Wildman–Crippen MR) is 194 cm³/mol. The second-order valence-electron chi connectivity index (χ2n) is 14.4. The molecule has 1 aliphatic carbocycles. The van der Waals surface area contributed by atoms with E-state index in [-0.39, 0.29) is 29.9 Å². The minimum Gasteiger partial charge on any atom is -0.368 e. The van der Waals surface area contributed by atoms with Crippen molar-refractivity contribution in [2.45, 2.75) is 63.2 Å². The normalized spacial score (nSPS) is 20.2. The van der Waals surface area contributed by atoms with Gasteiger partial charge in [-0.2, -0.15) is 18.3 Å². The van der Waals surface area contributed by atoms with Crippen molar-refractivity contribution in [2.75, 3.05) is 48.3 Å². The van der Waals surface area contributed by atoms with Crippen LogP contribution in [0, 0.1) is 5.92 Å². The molecule has 1 saturated carbocycles. The highest BCUT2D eigenvalue weighted by atomic mass is 19.4. The third kappa shape index (κ3) is 7.19. The Morgan fingerprint density at radius 3 is 2.56 bits per heavy atom. The first-order valence-electron chi connectivity index (χ1n) is 18.2. The van der Waals surface area contributed by atoms with Crippen molar-refractivity contribution in [2.24, 2.45) is 5.92 Å². The molecule has 14 nitrogen and oxygen atoms in total. The zero-order chi connectivity index (χ0) is 37.6. The van der Waals surface area contributed by atoms with Gasteiger partial charge in [0.1, 0.15) is 28.5 Å². The van der Waals surface area contributed by atoms with Gasteiger partial charge in [0.25, 0.3) is 5.91 Å². The number of halogens is 3. The lowest BCUT2D eigenvalue weighted by atomic mass is 9.85. The summed E-state index contributed by atoms with van der Waals surface area (Å²) in [4.78, 5) is 55.6. The molecule has 17 heteroatoms. The van der Waals surface area contributed by atoms with E-state index >= 15 is 0 Å². The molecule has 3 aliphatic rings. The highest BCUT2D eigenvalue weighted by Gasteiger charge is 2.33. The number of carbonyl (C=O) groups is 3. The Balaban J connectivity index is 0.827. The number of carbonyl (C=O) groups excluding carboxylic acids is 3. The van der Waals surface area contributed by atoms with Crippen LogP contribution in [0.1, 0.15) is 67.2 Å². The number of imidazole rings is 1. The molecule has 0 atom stereocenters. The Kier molecular flexibility index (Phi) is 9.41. The lowest BCUT2D eigenvalue weighted by Crippen LogP contribution is -2.50. The first-order valence-corrected chi connectivity index (χ1v) is 18.2. The van der Waals surface area contributed by atoms with Gasteiger partial charge in [-0.3, -0.25) is 28.9 Å². The fraction of sp³-hybridized carbons (Fsp3) is 0.432. The van der Waals surface area contributed by atoms with Crippen molar-refractivity contribution in [1.82, 2.24) is 39.3 Å². The summed E-state index contributed by atoms with van der Waals surface area (Å²) in [6.07, 6.45) is 8.92. The second-order valence-corrected chi connectivity index (χ2v) is 14.4. The molecule has 4 amide bonds. The van der Waals surface area contributed by atoms with Crippen LogP contribution in [0.3, 0.4) is 0 Å². The third-order valence-electron chi connectivity index (χ3n) is 10.9. The van der Waals surface area contributed by atoms with E-state index in [0.717, 1.165) is 87.0 Å². The molecule has 0 radical (unpaired) electrons. The SMILES string of the molecule is CN(C[C@H]1CC[C@H](n2cc3cc(NC(=O)c4cccc(C(F)(F)F)n4)ncc3n2)CC1)C1CCN(c2cccn3c(N4CCC(=O)NC4=O)cnc23)CC1. The van der Waals surface area contributed by atoms with Crippen LogP contribution in [0.2, 0.25) is 0 Å². The molecule has 0 bridgehead atoms. The van der Waals surface area contributed by atoms with Crippen LogP contribution in [0.4, 0.5) is 35.3 Å². The van der Waals surface area contributed by atoms with Gasteiger partial charge >= 0.3 is 12.2 Å². The number of nitrogens with zero attached hydrogens (tertiary/aromatic N) is 9. The molecule has 8 rings (SSSR count). The zero-order valence-electron chi connectivity index (χ0n) is 29.7. The van der Waals surface area contributed by atoms with Crippen LogP contribution in [-0.4, -0.2) is 91.1 Å². The maximum atomic E-state index is 13.1. The maximum Gasteiger partial charge on any atom is 0.433 e. The fourth-order valence-corrected chi connectivity index (χ4v) is 8.01. The van der Waals surface area contributed by atoms with Crippen LogP contribution < -0.4 is 20.4 Å². The van der Waals surface area contributed by atoms with Crippen LogP contribution in [0.15, 0.2) is 61.2 Å². The fourth-order valence-electron chi connectivity index (χ4n) is 8.01. The highest BCUT2D eigenvalue weighted by molar-refractivity contribution is 6.05. The monoisotopic (exact) mass is 743 g/mol. The van der Waals surface area contributed by atoms with Gasteiger partial charge in [0.15, 0.2) is 5.65 Å². The summed E-state index contributed by atoms with van der Waals surface area (Å²) >= 11 is 0. The number of piperidine rings is 1. The first kappa shape index (κ1) is 35.4. The van der Waals surface area contributed by atoms with Gasteiger partial charge in [0.05, 0.1) is 24.1 Å². The van der Waals surface area contributed by atoms with Crippen LogP contribution >= 0.6 is 0 Å². The summed E-state index contributed by atoms with van der Waals surface area (Å²) in [5.74, 6) is 0.395. The Labute approximate surface area is 308 Å². The second kappa shape index (κ2) is 14.3. The molecule has 7 heterocycles. The summed E-state index contributed by atoms with van der Waals surface area (Å²) in [5, 5.41) is 10.5. The minimum absolute atomic E-state index is 0.208. The number of nitrogens with one attached hydrogen (secondary N) is 2. The molecule has 2 aliphatic heterocycles. The number of aromatic nitrogens is 6. The summed E-state index contributed by atoms with van der Waals surface area (Å²) in [5.41, 5.74) is 1.02. The van der Waals surface area contributed by atoms with E-state index in [1.54, 1.807) is 23.4 Å². The standard InChI is InChI=1S/C37H40F3N11O3/c1-47(25-11-15-48(16-12-25)29-5-3-14-49-33(20-42-34(29)49)50-17-13-32(52)45-36(50)54)21-23-7-9-26(10-8-23)51-22-24-18-31(41-19-28(24)46-51)44-35(53)27-4-2-6-30(43-27)37(38,39)40/h2-6,14,18-20,22-23,25-26H,7-13,15-17,21H2,1H3,(H,44,53)(H,45,52,54)/t23-,26-. The number of rotatable bonds is 8. The molecule has 0 aromatic carbocycles. The van der Waals surface area contributed by atoms with Crippen LogP contribution in [-0.2, 0) is 11.0 Å². The average molecular weight is 744 g/mol. The molecule has 5 aromatic rings. The number of fused-ring (bicyclic) bond motifs is 2. The van der Waals surface area contributed by atoms with Gasteiger partial charge in [-0.1, -0.05) is 6.07 Å². The van der Waals surface area contributed by atoms with E-state index in [4.69, 9.17) is 5.10 Å². The molecule has 0 unspecified atom stereocenters. The molecule has 54 heavy (non-hydrogen) atoms. The van der Waals surface area contributed by atoms with Gasteiger partial charge in [-0.05, 0) is 81.8 Å². The van der Waals surface area contributed by atoms with Crippen molar-refractivity contribution in [3.63, 3.8) is 0 Å². The third-order valence-corrected chi connectivity index (χ3v) is 10.9. The van der Waals surface area contributed by atoms with Crippen molar-refractivity contribution in [1.29, 1.82) is 0 Å². The van der Waals surface area contributed by atoms with Gasteiger partial charge < -0.3 is 15.1 Å². The first-order chi connectivity index (χ1) is 26.0.